The lowest BCUT2D eigenvalue weighted by molar-refractivity contribution is 1.66. The van der Waals surface area contributed by atoms with Crippen LogP contribution < -0.4 is 5.41 Å². The summed E-state index contributed by atoms with van der Waals surface area (Å²) in [5.41, 5.74) is 0.804. The zero-order chi connectivity index (χ0) is 9.26. The van der Waals surface area contributed by atoms with E-state index < -0.39 is 0 Å². The van der Waals surface area contributed by atoms with E-state index in [0.29, 0.717) is 0 Å². The molecule has 0 aliphatic rings. The Labute approximate surface area is 85.0 Å². The molecule has 1 nitrogen and oxygen atoms in total. The molecule has 0 atom stereocenters. The van der Waals surface area contributed by atoms with Gasteiger partial charge in [0.2, 0.25) is 0 Å². The van der Waals surface area contributed by atoms with Crippen LogP contribution in [-0.4, -0.2) is 6.21 Å². The fourth-order valence-corrected chi connectivity index (χ4v) is 1.95. The SMILES string of the molecule is [N]=Cc1ccc2ccccc2c1Br. The molecule has 63 valence electrons. The van der Waals surface area contributed by atoms with Gasteiger partial charge in [0.05, 0.1) is 6.21 Å². The third kappa shape index (κ3) is 1.38. The zero-order valence-electron chi connectivity index (χ0n) is 6.87. The molecule has 0 saturated heterocycles. The number of hydrogen-bond donors (Lipinski definition) is 0. The van der Waals surface area contributed by atoms with Crippen LogP contribution in [0.25, 0.3) is 10.8 Å². The second-order valence-corrected chi connectivity index (χ2v) is 3.61. The normalized spacial score (nSPS) is 10.2. The van der Waals surface area contributed by atoms with Crippen LogP contribution >= 0.6 is 15.9 Å². The Morgan fingerprint density at radius 1 is 1.08 bits per heavy atom. The summed E-state index contributed by atoms with van der Waals surface area (Å²) in [5.74, 6) is 0. The van der Waals surface area contributed by atoms with Crippen molar-refractivity contribution in [3.8, 4) is 0 Å². The van der Waals surface area contributed by atoms with E-state index in [1.807, 2.05) is 36.4 Å². The van der Waals surface area contributed by atoms with Crippen molar-refractivity contribution in [3.63, 3.8) is 0 Å². The minimum atomic E-state index is 0.804. The van der Waals surface area contributed by atoms with Crippen LogP contribution in [-0.2, 0) is 0 Å². The van der Waals surface area contributed by atoms with E-state index in [-0.39, 0.29) is 0 Å². The zero-order valence-corrected chi connectivity index (χ0v) is 8.45. The lowest BCUT2D eigenvalue weighted by Gasteiger charge is -2.02. The fraction of sp³-hybridized carbons (Fsp3) is 0. The van der Waals surface area contributed by atoms with Crippen molar-refractivity contribution in [1.82, 2.24) is 5.41 Å². The lowest BCUT2D eigenvalue weighted by Crippen LogP contribution is -1.84. The summed E-state index contributed by atoms with van der Waals surface area (Å²) in [7, 11) is 0. The summed E-state index contributed by atoms with van der Waals surface area (Å²) in [6, 6.07) is 11.9. The van der Waals surface area contributed by atoms with E-state index in [0.717, 1.165) is 21.6 Å². The summed E-state index contributed by atoms with van der Waals surface area (Å²) in [6.45, 7) is 0. The van der Waals surface area contributed by atoms with Gasteiger partial charge in [-0.25, -0.2) is 0 Å². The van der Waals surface area contributed by atoms with E-state index in [9.17, 15) is 0 Å². The fourth-order valence-electron chi connectivity index (χ4n) is 1.35. The molecule has 2 heteroatoms. The predicted octanol–water partition coefficient (Wildman–Crippen LogP) is 2.82. The predicted molar refractivity (Wildman–Crippen MR) is 58.9 cm³/mol. The summed E-state index contributed by atoms with van der Waals surface area (Å²) >= 11 is 3.45. The van der Waals surface area contributed by atoms with E-state index in [2.05, 4.69) is 15.9 Å². The Bertz CT molecular complexity index is 463. The van der Waals surface area contributed by atoms with Crippen LogP contribution in [0.5, 0.6) is 0 Å². The summed E-state index contributed by atoms with van der Waals surface area (Å²) in [4.78, 5) is 0. The minimum Gasteiger partial charge on any atom is -0.158 e. The van der Waals surface area contributed by atoms with Gasteiger partial charge < -0.3 is 0 Å². The monoisotopic (exact) mass is 232 g/mol. The van der Waals surface area contributed by atoms with Crippen molar-refractivity contribution in [3.05, 3.63) is 46.4 Å². The van der Waals surface area contributed by atoms with Gasteiger partial charge >= 0.3 is 0 Å². The first-order chi connectivity index (χ1) is 6.33. The van der Waals surface area contributed by atoms with Crippen molar-refractivity contribution in [1.29, 1.82) is 0 Å². The molecule has 0 bridgehead atoms. The highest BCUT2D eigenvalue weighted by atomic mass is 79.9. The largest absolute Gasteiger partial charge is 0.158 e. The summed E-state index contributed by atoms with van der Waals surface area (Å²) < 4.78 is 0.938. The van der Waals surface area contributed by atoms with Crippen LogP contribution in [0.1, 0.15) is 5.56 Å². The topological polar surface area (TPSA) is 22.3 Å². The quantitative estimate of drug-likeness (QED) is 0.676. The molecule has 0 aromatic heterocycles. The van der Waals surface area contributed by atoms with Crippen LogP contribution in [0.2, 0.25) is 0 Å². The molecule has 0 spiro atoms. The van der Waals surface area contributed by atoms with Crippen LogP contribution in [0.3, 0.4) is 0 Å². The minimum absolute atomic E-state index is 0.804. The molecule has 2 rings (SSSR count). The van der Waals surface area contributed by atoms with Gasteiger partial charge in [0.15, 0.2) is 0 Å². The van der Waals surface area contributed by atoms with Gasteiger partial charge in [0.25, 0.3) is 0 Å². The van der Waals surface area contributed by atoms with Gasteiger partial charge in [0.1, 0.15) is 0 Å². The second-order valence-electron chi connectivity index (χ2n) is 2.82. The van der Waals surface area contributed by atoms with Gasteiger partial charge in [-0.05, 0) is 26.7 Å². The van der Waals surface area contributed by atoms with Gasteiger partial charge in [-0.2, -0.15) is 5.41 Å². The number of fused-ring (bicyclic) bond motifs is 1. The first-order valence-electron chi connectivity index (χ1n) is 3.97. The average molecular weight is 233 g/mol. The third-order valence-electron chi connectivity index (χ3n) is 2.03. The van der Waals surface area contributed by atoms with Crippen LogP contribution in [0.4, 0.5) is 0 Å². The van der Waals surface area contributed by atoms with Crippen LogP contribution in [0, 0.1) is 0 Å². The summed E-state index contributed by atoms with van der Waals surface area (Å²) in [5, 5.41) is 11.2. The van der Waals surface area contributed by atoms with Crippen molar-refractivity contribution in [2.75, 3.05) is 0 Å². The van der Waals surface area contributed by atoms with Crippen molar-refractivity contribution >= 4 is 32.9 Å². The maximum Gasteiger partial charge on any atom is 0.0579 e. The van der Waals surface area contributed by atoms with Crippen LogP contribution in [0.15, 0.2) is 40.9 Å². The Kier molecular flexibility index (Phi) is 2.15. The smallest absolute Gasteiger partial charge is 0.0579 e. The molecule has 1 radical (unpaired) electrons. The molecule has 0 heterocycles. The Balaban J connectivity index is 2.86. The van der Waals surface area contributed by atoms with E-state index >= 15 is 0 Å². The van der Waals surface area contributed by atoms with Crippen molar-refractivity contribution in [2.24, 2.45) is 0 Å². The first-order valence-corrected chi connectivity index (χ1v) is 4.77. The van der Waals surface area contributed by atoms with Crippen molar-refractivity contribution < 1.29 is 0 Å². The lowest BCUT2D eigenvalue weighted by atomic mass is 10.1. The molecule has 13 heavy (non-hydrogen) atoms. The molecule has 2 aromatic carbocycles. The third-order valence-corrected chi connectivity index (χ3v) is 2.92. The van der Waals surface area contributed by atoms with Crippen molar-refractivity contribution in [2.45, 2.75) is 0 Å². The number of nitrogens with zero attached hydrogens (tertiary/aromatic N) is 1. The molecule has 0 N–H and O–H groups in total. The number of hydrogen-bond acceptors (Lipinski definition) is 0. The first kappa shape index (κ1) is 8.45. The second kappa shape index (κ2) is 3.30. The highest BCUT2D eigenvalue weighted by Crippen LogP contribution is 2.26. The molecular weight excluding hydrogens is 226 g/mol. The Morgan fingerprint density at radius 2 is 1.85 bits per heavy atom. The van der Waals surface area contributed by atoms with Gasteiger partial charge in [0, 0.05) is 10.0 Å². The Hall–Kier alpha value is -1.15. The molecule has 0 saturated carbocycles. The van der Waals surface area contributed by atoms with E-state index in [1.165, 1.54) is 5.39 Å². The number of halogens is 1. The number of rotatable bonds is 1. The van der Waals surface area contributed by atoms with Gasteiger partial charge in [-0.1, -0.05) is 36.4 Å². The standard InChI is InChI=1S/C11H7BrN/c12-11-9(7-13)6-5-8-3-1-2-4-10(8)11/h1-7H. The highest BCUT2D eigenvalue weighted by Gasteiger charge is 2.01. The molecule has 0 fully saturated rings. The Morgan fingerprint density at radius 3 is 2.62 bits per heavy atom. The highest BCUT2D eigenvalue weighted by molar-refractivity contribution is 9.10. The average Bonchev–Trinajstić information content (AvgIpc) is 2.19. The molecule has 0 aliphatic heterocycles. The molecule has 0 amide bonds. The van der Waals surface area contributed by atoms with Gasteiger partial charge in [-0.3, -0.25) is 0 Å². The maximum absolute atomic E-state index is 8.92. The molecule has 0 aliphatic carbocycles. The maximum atomic E-state index is 8.92. The molecule has 2 aromatic rings. The van der Waals surface area contributed by atoms with E-state index in [4.69, 9.17) is 5.41 Å². The molecule has 0 unspecified atom stereocenters. The molecular formula is C11H7BrN. The number of benzene rings is 2. The van der Waals surface area contributed by atoms with E-state index in [1.54, 1.807) is 0 Å². The summed E-state index contributed by atoms with van der Waals surface area (Å²) in [6.07, 6.45) is 1.11. The van der Waals surface area contributed by atoms with Gasteiger partial charge in [-0.15, -0.1) is 0 Å².